The van der Waals surface area contributed by atoms with E-state index < -0.39 is 9.48 Å². The number of hydrogen-bond donors (Lipinski definition) is 1. The first-order valence-electron chi connectivity index (χ1n) is 5.10. The Morgan fingerprint density at radius 2 is 1.79 bits per heavy atom. The minimum absolute atomic E-state index is 0.0803. The first-order valence-corrected chi connectivity index (χ1v) is 6.23. The van der Waals surface area contributed by atoms with Gasteiger partial charge in [-0.3, -0.25) is 4.98 Å². The summed E-state index contributed by atoms with van der Waals surface area (Å²) in [5, 5.41) is 0. The molecule has 0 saturated heterocycles. The van der Waals surface area contributed by atoms with E-state index in [0.29, 0.717) is 11.3 Å². The van der Waals surface area contributed by atoms with Crippen molar-refractivity contribution in [1.29, 1.82) is 0 Å². The van der Waals surface area contributed by atoms with E-state index in [9.17, 15) is 4.79 Å². The molecular formula is C11H8Cl3N3O2. The van der Waals surface area contributed by atoms with Gasteiger partial charge in [-0.05, 0) is 24.3 Å². The number of nitrogens with zero attached hydrogens (tertiary/aromatic N) is 2. The van der Waals surface area contributed by atoms with E-state index in [-0.39, 0.29) is 11.6 Å². The van der Waals surface area contributed by atoms with E-state index in [1.165, 1.54) is 0 Å². The van der Waals surface area contributed by atoms with Crippen LogP contribution in [0.1, 0.15) is 5.82 Å². The molecule has 0 spiro atoms. The zero-order valence-corrected chi connectivity index (χ0v) is 11.9. The molecule has 0 aliphatic heterocycles. The molecule has 0 fully saturated rings. The highest BCUT2D eigenvalue weighted by molar-refractivity contribution is 6.66. The van der Waals surface area contributed by atoms with Crippen molar-refractivity contribution in [2.75, 3.05) is 7.11 Å². The number of rotatable bonds is 2. The lowest BCUT2D eigenvalue weighted by Gasteiger charge is -2.10. The summed E-state index contributed by atoms with van der Waals surface area (Å²) in [5.41, 5.74) is -0.0236. The van der Waals surface area contributed by atoms with Gasteiger partial charge >= 0.3 is 5.69 Å². The van der Waals surface area contributed by atoms with Crippen LogP contribution in [0.4, 0.5) is 0 Å². The Bertz CT molecular complexity index is 635. The van der Waals surface area contributed by atoms with Crippen molar-refractivity contribution in [1.82, 2.24) is 15.0 Å². The van der Waals surface area contributed by atoms with E-state index in [2.05, 4.69) is 15.0 Å². The van der Waals surface area contributed by atoms with Gasteiger partial charge in [-0.25, -0.2) is 9.78 Å². The highest BCUT2D eigenvalue weighted by atomic mass is 35.6. The third-order valence-electron chi connectivity index (χ3n) is 2.27. The van der Waals surface area contributed by atoms with Crippen LogP contribution in [0.3, 0.4) is 0 Å². The van der Waals surface area contributed by atoms with E-state index in [4.69, 9.17) is 39.5 Å². The van der Waals surface area contributed by atoms with Crippen molar-refractivity contribution in [3.8, 4) is 17.1 Å². The van der Waals surface area contributed by atoms with Crippen molar-refractivity contribution < 1.29 is 4.74 Å². The zero-order chi connectivity index (χ0) is 14.0. The highest BCUT2D eigenvalue weighted by Gasteiger charge is 2.27. The molecule has 1 aromatic carbocycles. The minimum Gasteiger partial charge on any atom is -0.497 e. The molecule has 8 heteroatoms. The van der Waals surface area contributed by atoms with Crippen LogP contribution in [0.5, 0.6) is 5.75 Å². The second kappa shape index (κ2) is 5.36. The predicted octanol–water partition coefficient (Wildman–Crippen LogP) is 2.67. The lowest BCUT2D eigenvalue weighted by atomic mass is 10.2. The van der Waals surface area contributed by atoms with Gasteiger partial charge in [0.2, 0.25) is 3.79 Å². The Labute approximate surface area is 123 Å². The van der Waals surface area contributed by atoms with E-state index in [1.807, 2.05) is 0 Å². The second-order valence-electron chi connectivity index (χ2n) is 3.55. The third-order valence-corrected chi connectivity index (χ3v) is 2.80. The number of H-pyrrole nitrogens is 1. The van der Waals surface area contributed by atoms with Crippen LogP contribution in [0, 0.1) is 0 Å². The molecule has 1 N–H and O–H groups in total. The molecule has 1 aromatic heterocycles. The Morgan fingerprint density at radius 1 is 1.16 bits per heavy atom. The molecule has 19 heavy (non-hydrogen) atoms. The number of halogens is 3. The van der Waals surface area contributed by atoms with E-state index >= 15 is 0 Å². The number of aromatic nitrogens is 3. The molecule has 0 atom stereocenters. The minimum atomic E-state index is -1.82. The number of alkyl halides is 3. The molecule has 0 amide bonds. The average Bonchev–Trinajstić information content (AvgIpc) is 2.37. The Morgan fingerprint density at radius 3 is 2.32 bits per heavy atom. The van der Waals surface area contributed by atoms with Crippen LogP contribution in [-0.2, 0) is 3.79 Å². The van der Waals surface area contributed by atoms with Crippen LogP contribution in [-0.4, -0.2) is 22.1 Å². The molecule has 2 aromatic rings. The molecule has 0 aliphatic rings. The van der Waals surface area contributed by atoms with Crippen LogP contribution in [0.2, 0.25) is 0 Å². The summed E-state index contributed by atoms with van der Waals surface area (Å²) < 4.78 is 3.22. The number of benzene rings is 1. The SMILES string of the molecule is COc1ccc(-c2nc(C(Cl)(Cl)Cl)[nH]c(=O)n2)cc1. The molecule has 2 rings (SSSR count). The van der Waals surface area contributed by atoms with Crippen LogP contribution in [0.25, 0.3) is 11.4 Å². The summed E-state index contributed by atoms with van der Waals surface area (Å²) in [6.45, 7) is 0. The summed E-state index contributed by atoms with van der Waals surface area (Å²) in [5.74, 6) is 0.770. The van der Waals surface area contributed by atoms with E-state index in [1.54, 1.807) is 31.4 Å². The summed E-state index contributed by atoms with van der Waals surface area (Å²) >= 11 is 17.1. The van der Waals surface area contributed by atoms with Gasteiger partial charge in [0, 0.05) is 5.56 Å². The molecule has 0 saturated carbocycles. The van der Waals surface area contributed by atoms with Crippen LogP contribution in [0.15, 0.2) is 29.1 Å². The van der Waals surface area contributed by atoms with Crippen LogP contribution < -0.4 is 10.4 Å². The first kappa shape index (κ1) is 14.1. The molecule has 0 unspecified atom stereocenters. The summed E-state index contributed by atoms with van der Waals surface area (Å²) in [6.07, 6.45) is 0. The third kappa shape index (κ3) is 3.37. The lowest BCUT2D eigenvalue weighted by molar-refractivity contribution is 0.415. The maximum absolute atomic E-state index is 11.4. The van der Waals surface area contributed by atoms with Gasteiger partial charge in [-0.1, -0.05) is 34.8 Å². The first-order chi connectivity index (χ1) is 8.90. The largest absolute Gasteiger partial charge is 0.497 e. The fraction of sp³-hybridized carbons (Fsp3) is 0.182. The van der Waals surface area contributed by atoms with Gasteiger partial charge in [0.1, 0.15) is 5.75 Å². The van der Waals surface area contributed by atoms with Gasteiger partial charge in [0.05, 0.1) is 7.11 Å². The summed E-state index contributed by atoms with van der Waals surface area (Å²) in [7, 11) is 1.56. The summed E-state index contributed by atoms with van der Waals surface area (Å²) in [6, 6.07) is 6.84. The van der Waals surface area contributed by atoms with Crippen molar-refractivity contribution in [2.24, 2.45) is 0 Å². The Balaban J connectivity index is 2.49. The second-order valence-corrected chi connectivity index (χ2v) is 5.83. The monoisotopic (exact) mass is 319 g/mol. The standard InChI is InChI=1S/C11H8Cl3N3O2/c1-19-7-4-2-6(3-5-7)8-15-9(11(12,13)14)17-10(18)16-8/h2-5H,1H3,(H,15,16,17,18). The molecule has 0 bridgehead atoms. The summed E-state index contributed by atoms with van der Waals surface area (Å²) in [4.78, 5) is 21.5. The fourth-order valence-corrected chi connectivity index (χ4v) is 1.66. The maximum atomic E-state index is 11.4. The zero-order valence-electron chi connectivity index (χ0n) is 9.65. The van der Waals surface area contributed by atoms with Crippen molar-refractivity contribution >= 4 is 34.8 Å². The Hall–Kier alpha value is -1.30. The van der Waals surface area contributed by atoms with Crippen molar-refractivity contribution in [3.05, 3.63) is 40.6 Å². The van der Waals surface area contributed by atoms with E-state index in [0.717, 1.165) is 0 Å². The lowest BCUT2D eigenvalue weighted by Crippen LogP contribution is -2.20. The van der Waals surface area contributed by atoms with Gasteiger partial charge in [0.25, 0.3) is 0 Å². The normalized spacial score (nSPS) is 11.4. The number of nitrogens with one attached hydrogen (secondary N) is 1. The number of aromatic amines is 1. The van der Waals surface area contributed by atoms with Gasteiger partial charge in [-0.15, -0.1) is 0 Å². The number of ether oxygens (including phenoxy) is 1. The Kier molecular flexibility index (Phi) is 3.99. The van der Waals surface area contributed by atoms with Crippen molar-refractivity contribution in [2.45, 2.75) is 3.79 Å². The van der Waals surface area contributed by atoms with Crippen LogP contribution >= 0.6 is 34.8 Å². The molecule has 100 valence electrons. The molecule has 1 heterocycles. The smallest absolute Gasteiger partial charge is 0.348 e. The number of hydrogen-bond acceptors (Lipinski definition) is 4. The van der Waals surface area contributed by atoms with Crippen molar-refractivity contribution in [3.63, 3.8) is 0 Å². The molecule has 5 nitrogen and oxygen atoms in total. The molecule has 0 aliphatic carbocycles. The quantitative estimate of drug-likeness (QED) is 0.864. The highest BCUT2D eigenvalue weighted by Crippen LogP contribution is 2.35. The maximum Gasteiger partial charge on any atom is 0.348 e. The van der Waals surface area contributed by atoms with Gasteiger partial charge in [-0.2, -0.15) is 4.98 Å². The number of methoxy groups -OCH3 is 1. The van der Waals surface area contributed by atoms with Gasteiger partial charge in [0.15, 0.2) is 11.6 Å². The van der Waals surface area contributed by atoms with Gasteiger partial charge < -0.3 is 4.74 Å². The average molecular weight is 321 g/mol. The molecule has 0 radical (unpaired) electrons. The molecular weight excluding hydrogens is 312 g/mol. The topological polar surface area (TPSA) is 67.9 Å². The fourth-order valence-electron chi connectivity index (χ4n) is 1.39. The predicted molar refractivity (Wildman–Crippen MR) is 73.9 cm³/mol.